The van der Waals surface area contributed by atoms with Crippen LogP contribution in [0.15, 0.2) is 30.3 Å². The van der Waals surface area contributed by atoms with Gasteiger partial charge in [-0.15, -0.1) is 0 Å². The van der Waals surface area contributed by atoms with Crippen LogP contribution in [0.2, 0.25) is 0 Å². The molecule has 1 rings (SSSR count). The molecule has 0 amide bonds. The maximum Gasteiger partial charge on any atom is 0.139 e. The van der Waals surface area contributed by atoms with E-state index in [1.54, 1.807) is 30.3 Å². The molecule has 3 N–H and O–H groups in total. The van der Waals surface area contributed by atoms with Gasteiger partial charge in [0.2, 0.25) is 0 Å². The van der Waals surface area contributed by atoms with E-state index in [1.807, 2.05) is 0 Å². The van der Waals surface area contributed by atoms with Gasteiger partial charge in [-0.25, -0.2) is 0 Å². The van der Waals surface area contributed by atoms with E-state index in [9.17, 15) is 24.3 Å². The number of carboxylic acid groups (broad SMARTS) is 1. The molecule has 0 fully saturated rings. The number of hydrogen-bond donors (Lipinski definition) is 1. The van der Waals surface area contributed by atoms with E-state index in [0.29, 0.717) is 5.56 Å². The third-order valence-corrected chi connectivity index (χ3v) is 3.45. The molecule has 0 saturated heterocycles. The minimum atomic E-state index is -4.74. The molecule has 0 aliphatic carbocycles. The second-order valence-electron chi connectivity index (χ2n) is 4.31. The van der Waals surface area contributed by atoms with Gasteiger partial charge in [-0.1, -0.05) is 37.9 Å². The summed E-state index contributed by atoms with van der Waals surface area (Å²) >= 11 is 0. The Morgan fingerprint density at radius 1 is 1.28 bits per heavy atom. The average Bonchev–Trinajstić information content (AvgIpc) is 2.27. The number of hydrogen-bond acceptors (Lipinski definition) is 5. The predicted octanol–water partition coefficient (Wildman–Crippen LogP) is -2.74. The van der Waals surface area contributed by atoms with Crippen LogP contribution in [0.5, 0.6) is 0 Å². The highest BCUT2D eigenvalue weighted by molar-refractivity contribution is 7.48. The van der Waals surface area contributed by atoms with Crippen molar-refractivity contribution in [3.05, 3.63) is 35.9 Å². The first-order chi connectivity index (χ1) is 8.23. The highest BCUT2D eigenvalue weighted by atomic mass is 31.2. The van der Waals surface area contributed by atoms with Crippen molar-refractivity contribution in [2.45, 2.75) is 18.4 Å². The molecule has 18 heavy (non-hydrogen) atoms. The Morgan fingerprint density at radius 3 is 2.28 bits per heavy atom. The Labute approximate surface area is 105 Å². The second-order valence-corrected chi connectivity index (χ2v) is 5.98. The van der Waals surface area contributed by atoms with Crippen LogP contribution in [-0.2, 0) is 15.8 Å². The van der Waals surface area contributed by atoms with Crippen molar-refractivity contribution in [2.24, 2.45) is 0 Å². The van der Waals surface area contributed by atoms with Crippen LogP contribution in [0.3, 0.4) is 0 Å². The van der Waals surface area contributed by atoms with E-state index in [2.05, 4.69) is 5.73 Å². The fraction of sp³-hybridized carbons (Fsp3) is 0.364. The first-order valence-electron chi connectivity index (χ1n) is 5.35. The molecule has 0 radical (unpaired) electrons. The number of rotatable bonds is 6. The predicted molar refractivity (Wildman–Crippen MR) is 57.9 cm³/mol. The molecule has 0 aliphatic heterocycles. The molecule has 0 heterocycles. The van der Waals surface area contributed by atoms with E-state index in [-0.39, 0.29) is 12.8 Å². The van der Waals surface area contributed by atoms with Crippen molar-refractivity contribution in [3.63, 3.8) is 0 Å². The van der Waals surface area contributed by atoms with Crippen LogP contribution in [0, 0.1) is 0 Å². The number of carboxylic acids is 1. The van der Waals surface area contributed by atoms with Crippen molar-refractivity contribution in [1.29, 1.82) is 0 Å². The Hall–Kier alpha value is -1.20. The molecule has 0 aromatic heterocycles. The summed E-state index contributed by atoms with van der Waals surface area (Å²) in [6.07, 6.45) is -1.07. The van der Waals surface area contributed by atoms with Gasteiger partial charge in [-0.2, -0.15) is 0 Å². The summed E-state index contributed by atoms with van der Waals surface area (Å²) in [7, 11) is -4.74. The lowest BCUT2D eigenvalue weighted by Gasteiger charge is -2.34. The van der Waals surface area contributed by atoms with Gasteiger partial charge in [0.1, 0.15) is 11.5 Å². The van der Waals surface area contributed by atoms with E-state index in [0.717, 1.165) is 0 Å². The van der Waals surface area contributed by atoms with Crippen molar-refractivity contribution < 1.29 is 30.0 Å². The van der Waals surface area contributed by atoms with Gasteiger partial charge >= 0.3 is 0 Å². The minimum absolute atomic E-state index is 0.0240. The summed E-state index contributed by atoms with van der Waals surface area (Å²) in [6.45, 7) is 0. The molecule has 7 heteroatoms. The maximum atomic E-state index is 11.1. The van der Waals surface area contributed by atoms with E-state index in [4.69, 9.17) is 0 Å². The molecule has 0 unspecified atom stereocenters. The zero-order valence-corrected chi connectivity index (χ0v) is 10.6. The van der Waals surface area contributed by atoms with Crippen molar-refractivity contribution >= 4 is 13.6 Å². The van der Waals surface area contributed by atoms with Crippen LogP contribution in [0.25, 0.3) is 0 Å². The normalized spacial score (nSPS) is 15.1. The Kier molecular flexibility index (Phi) is 4.65. The molecule has 0 saturated carbocycles. The van der Waals surface area contributed by atoms with Crippen LogP contribution in [0.1, 0.15) is 12.0 Å². The van der Waals surface area contributed by atoms with Gasteiger partial charge in [0.05, 0.1) is 0 Å². The topological polar surface area (TPSA) is 131 Å². The average molecular weight is 271 g/mol. The third kappa shape index (κ3) is 4.58. The number of carbonyl (C=O) groups excluding carboxylic acids is 1. The molecule has 1 atom stereocenters. The summed E-state index contributed by atoms with van der Waals surface area (Å²) in [5.41, 5.74) is 2.60. The Morgan fingerprint density at radius 2 is 1.83 bits per heavy atom. The lowest BCUT2D eigenvalue weighted by atomic mass is 9.89. The lowest BCUT2D eigenvalue weighted by molar-refractivity contribution is -0.487. The summed E-state index contributed by atoms with van der Waals surface area (Å²) in [5, 5.41) is 11.1. The zero-order valence-electron chi connectivity index (χ0n) is 9.70. The van der Waals surface area contributed by atoms with E-state index in [1.165, 1.54) is 0 Å². The molecular formula is C11H14NO5P-2. The standard InChI is InChI=1S/C11H16NO5P/c12-11(10(13)14,6-7-18(15,16)17)8-9-4-2-1-3-5-9/h1-5H,6-8,12H2,(H,13,14)(H2,15,16,17)/p-2/t11-/m0/s1. The molecule has 1 aromatic rings. The quantitative estimate of drug-likeness (QED) is 0.561. The number of quaternary nitrogens is 1. The van der Waals surface area contributed by atoms with Crippen LogP contribution in [0.4, 0.5) is 0 Å². The molecule has 0 bridgehead atoms. The van der Waals surface area contributed by atoms with Gasteiger partial charge < -0.3 is 30.0 Å². The van der Waals surface area contributed by atoms with Crippen molar-refractivity contribution in [2.75, 3.05) is 6.16 Å². The fourth-order valence-corrected chi connectivity index (χ4v) is 2.30. The lowest BCUT2D eigenvalue weighted by Crippen LogP contribution is -2.80. The molecule has 6 nitrogen and oxygen atoms in total. The SMILES string of the molecule is [NH3+][C@@](CCP(=O)([O-])[O-])(Cc1ccccc1)C(=O)[O-]. The second kappa shape index (κ2) is 5.63. The van der Waals surface area contributed by atoms with Crippen molar-refractivity contribution in [1.82, 2.24) is 0 Å². The van der Waals surface area contributed by atoms with Crippen LogP contribution in [-0.4, -0.2) is 17.7 Å². The van der Waals surface area contributed by atoms with Gasteiger partial charge in [0.15, 0.2) is 0 Å². The minimum Gasteiger partial charge on any atom is -0.811 e. The highest BCUT2D eigenvalue weighted by Crippen LogP contribution is 2.27. The van der Waals surface area contributed by atoms with E-state index >= 15 is 0 Å². The molecule has 1 aromatic carbocycles. The molecular weight excluding hydrogens is 257 g/mol. The zero-order chi connectivity index (χ0) is 13.8. The van der Waals surface area contributed by atoms with Gasteiger partial charge in [-0.05, 0) is 11.7 Å². The Bertz CT molecular complexity index is 458. The van der Waals surface area contributed by atoms with E-state index < -0.39 is 25.3 Å². The summed E-state index contributed by atoms with van der Waals surface area (Å²) in [5.74, 6) is -1.46. The fourth-order valence-electron chi connectivity index (χ4n) is 1.60. The number of benzene rings is 1. The Balaban J connectivity index is 2.81. The first-order valence-corrected chi connectivity index (χ1v) is 7.07. The smallest absolute Gasteiger partial charge is 0.139 e. The van der Waals surface area contributed by atoms with Crippen LogP contribution < -0.4 is 20.6 Å². The highest BCUT2D eigenvalue weighted by Gasteiger charge is 2.31. The molecule has 0 spiro atoms. The largest absolute Gasteiger partial charge is 0.811 e. The van der Waals surface area contributed by atoms with Crippen LogP contribution >= 0.6 is 7.60 Å². The summed E-state index contributed by atoms with van der Waals surface area (Å²) in [4.78, 5) is 32.2. The third-order valence-electron chi connectivity index (χ3n) is 2.68. The molecule has 100 valence electrons. The first kappa shape index (κ1) is 14.9. The van der Waals surface area contributed by atoms with Gasteiger partial charge in [0.25, 0.3) is 0 Å². The monoisotopic (exact) mass is 271 g/mol. The number of carbonyl (C=O) groups is 1. The molecule has 0 aliphatic rings. The summed E-state index contributed by atoms with van der Waals surface area (Å²) < 4.78 is 10.6. The number of aliphatic carboxylic acids is 1. The van der Waals surface area contributed by atoms with Gasteiger partial charge in [-0.3, -0.25) is 0 Å². The maximum absolute atomic E-state index is 11.1. The van der Waals surface area contributed by atoms with Gasteiger partial charge in [0, 0.05) is 12.8 Å². The van der Waals surface area contributed by atoms with Crippen molar-refractivity contribution in [3.8, 4) is 0 Å². The summed E-state index contributed by atoms with van der Waals surface area (Å²) in [6, 6.07) is 8.65.